The first-order chi connectivity index (χ1) is 14.3. The highest BCUT2D eigenvalue weighted by Gasteiger charge is 2.19. The minimum atomic E-state index is -0.310. The Balaban J connectivity index is 1.85. The molecule has 0 saturated heterocycles. The van der Waals surface area contributed by atoms with E-state index in [0.717, 1.165) is 16.6 Å². The highest BCUT2D eigenvalue weighted by atomic mass is 35.5. The SMILES string of the molecule is CC(=O)NCC(=O)N(C)c1ccc(Cl)c(COc2cccc3ccc(C)nc23)c1Cl. The van der Waals surface area contributed by atoms with Crippen molar-refractivity contribution in [2.75, 3.05) is 18.5 Å². The Morgan fingerprint density at radius 2 is 1.90 bits per heavy atom. The number of hydrogen-bond donors (Lipinski definition) is 1. The van der Waals surface area contributed by atoms with Crippen molar-refractivity contribution >= 4 is 51.6 Å². The zero-order valence-corrected chi connectivity index (χ0v) is 18.3. The maximum atomic E-state index is 12.3. The number of nitrogens with zero attached hydrogens (tertiary/aromatic N) is 2. The fourth-order valence-corrected chi connectivity index (χ4v) is 3.52. The molecule has 0 saturated carbocycles. The molecule has 8 heteroatoms. The molecule has 3 rings (SSSR count). The second kappa shape index (κ2) is 9.32. The highest BCUT2D eigenvalue weighted by Crippen LogP contribution is 2.35. The summed E-state index contributed by atoms with van der Waals surface area (Å²) in [5.74, 6) is 0.0193. The van der Waals surface area contributed by atoms with E-state index >= 15 is 0 Å². The molecule has 1 N–H and O–H groups in total. The molecule has 3 aromatic rings. The number of amides is 2. The van der Waals surface area contributed by atoms with Crippen molar-refractivity contribution in [3.8, 4) is 5.75 Å². The van der Waals surface area contributed by atoms with Crippen LogP contribution in [0.1, 0.15) is 18.2 Å². The second-order valence-corrected chi connectivity index (χ2v) is 7.58. The lowest BCUT2D eigenvalue weighted by molar-refractivity contribution is -0.123. The van der Waals surface area contributed by atoms with Crippen LogP contribution in [0, 0.1) is 6.92 Å². The molecule has 156 valence electrons. The van der Waals surface area contributed by atoms with Crippen molar-refractivity contribution < 1.29 is 14.3 Å². The Morgan fingerprint density at radius 3 is 2.63 bits per heavy atom. The first-order valence-electron chi connectivity index (χ1n) is 9.25. The van der Waals surface area contributed by atoms with Crippen LogP contribution in [0.2, 0.25) is 10.0 Å². The Kier molecular flexibility index (Phi) is 6.80. The van der Waals surface area contributed by atoms with Crippen LogP contribution in [0.25, 0.3) is 10.9 Å². The fraction of sp³-hybridized carbons (Fsp3) is 0.227. The Bertz CT molecular complexity index is 1120. The highest BCUT2D eigenvalue weighted by molar-refractivity contribution is 6.38. The lowest BCUT2D eigenvalue weighted by Crippen LogP contribution is -2.37. The summed E-state index contributed by atoms with van der Waals surface area (Å²) < 4.78 is 6.00. The van der Waals surface area contributed by atoms with Gasteiger partial charge in [-0.15, -0.1) is 0 Å². The second-order valence-electron chi connectivity index (χ2n) is 6.79. The van der Waals surface area contributed by atoms with Crippen molar-refractivity contribution in [2.24, 2.45) is 0 Å². The fourth-order valence-electron chi connectivity index (χ4n) is 2.91. The maximum Gasteiger partial charge on any atom is 0.246 e. The van der Waals surface area contributed by atoms with Gasteiger partial charge in [-0.05, 0) is 31.2 Å². The molecule has 0 bridgehead atoms. The molecule has 2 aromatic carbocycles. The minimum absolute atomic E-state index is 0.105. The van der Waals surface area contributed by atoms with Crippen molar-refractivity contribution in [3.63, 3.8) is 0 Å². The molecule has 0 aliphatic carbocycles. The van der Waals surface area contributed by atoms with Crippen LogP contribution in [0.15, 0.2) is 42.5 Å². The quantitative estimate of drug-likeness (QED) is 0.604. The average Bonchev–Trinajstić information content (AvgIpc) is 2.71. The van der Waals surface area contributed by atoms with Crippen LogP contribution in [0.4, 0.5) is 5.69 Å². The summed E-state index contributed by atoms with van der Waals surface area (Å²) >= 11 is 12.9. The first-order valence-corrected chi connectivity index (χ1v) is 10.0. The van der Waals surface area contributed by atoms with E-state index in [1.54, 1.807) is 19.2 Å². The van der Waals surface area contributed by atoms with E-state index in [2.05, 4.69) is 10.3 Å². The predicted octanol–water partition coefficient (Wildman–Crippen LogP) is 4.53. The van der Waals surface area contributed by atoms with Crippen molar-refractivity contribution in [1.29, 1.82) is 0 Å². The van der Waals surface area contributed by atoms with Gasteiger partial charge in [-0.3, -0.25) is 9.59 Å². The van der Waals surface area contributed by atoms with Crippen LogP contribution in [-0.4, -0.2) is 30.4 Å². The van der Waals surface area contributed by atoms with Crippen LogP contribution < -0.4 is 15.0 Å². The Morgan fingerprint density at radius 1 is 1.13 bits per heavy atom. The molecule has 2 amide bonds. The number of hydrogen-bond acceptors (Lipinski definition) is 4. The molecular formula is C22H21Cl2N3O3. The van der Waals surface area contributed by atoms with Gasteiger partial charge in [0.1, 0.15) is 17.9 Å². The van der Waals surface area contributed by atoms with Gasteiger partial charge < -0.3 is 15.0 Å². The number of para-hydroxylation sites is 1. The number of halogens is 2. The third-order valence-corrected chi connectivity index (χ3v) is 5.36. The molecule has 30 heavy (non-hydrogen) atoms. The summed E-state index contributed by atoms with van der Waals surface area (Å²) in [5.41, 5.74) is 2.67. The molecular weight excluding hydrogens is 425 g/mol. The van der Waals surface area contributed by atoms with E-state index in [-0.39, 0.29) is 25.0 Å². The summed E-state index contributed by atoms with van der Waals surface area (Å²) in [7, 11) is 1.58. The largest absolute Gasteiger partial charge is 0.487 e. The number of carbonyl (C=O) groups is 2. The van der Waals surface area contributed by atoms with Gasteiger partial charge in [0.25, 0.3) is 0 Å². The lowest BCUT2D eigenvalue weighted by atomic mass is 10.1. The number of carbonyl (C=O) groups excluding carboxylic acids is 2. The molecule has 0 unspecified atom stereocenters. The molecule has 0 radical (unpaired) electrons. The summed E-state index contributed by atoms with van der Waals surface area (Å²) in [6, 6.07) is 12.9. The topological polar surface area (TPSA) is 71.5 Å². The number of ether oxygens (including phenoxy) is 1. The van der Waals surface area contributed by atoms with E-state index in [0.29, 0.717) is 27.0 Å². The standard InChI is InChI=1S/C22H21Cl2N3O3/c1-13-7-8-15-5-4-6-19(22(15)26-13)30-12-16-17(23)9-10-18(21(16)24)27(3)20(29)11-25-14(2)28/h4-10H,11-12H2,1-3H3,(H,25,28). The number of aromatic nitrogens is 1. The number of pyridine rings is 1. The zero-order chi connectivity index (χ0) is 21.8. The van der Waals surface area contributed by atoms with E-state index in [9.17, 15) is 9.59 Å². The van der Waals surface area contributed by atoms with Gasteiger partial charge in [-0.1, -0.05) is 41.4 Å². The van der Waals surface area contributed by atoms with Gasteiger partial charge in [-0.25, -0.2) is 4.98 Å². The summed E-state index contributed by atoms with van der Waals surface area (Å²) in [6.07, 6.45) is 0. The van der Waals surface area contributed by atoms with Gasteiger partial charge in [0.2, 0.25) is 11.8 Å². The lowest BCUT2D eigenvalue weighted by Gasteiger charge is -2.21. The summed E-state index contributed by atoms with van der Waals surface area (Å²) in [6.45, 7) is 3.24. The molecule has 1 aromatic heterocycles. The average molecular weight is 446 g/mol. The molecule has 0 aliphatic rings. The molecule has 6 nitrogen and oxygen atoms in total. The van der Waals surface area contributed by atoms with E-state index in [1.807, 2.05) is 37.3 Å². The smallest absolute Gasteiger partial charge is 0.246 e. The number of anilines is 1. The minimum Gasteiger partial charge on any atom is -0.487 e. The number of rotatable bonds is 6. The van der Waals surface area contributed by atoms with Crippen molar-refractivity contribution in [3.05, 3.63) is 63.8 Å². The van der Waals surface area contributed by atoms with Crippen LogP contribution in [0.3, 0.4) is 0 Å². The number of benzene rings is 2. The maximum absolute atomic E-state index is 12.3. The monoisotopic (exact) mass is 445 g/mol. The van der Waals surface area contributed by atoms with E-state index in [4.69, 9.17) is 27.9 Å². The van der Waals surface area contributed by atoms with Crippen molar-refractivity contribution in [1.82, 2.24) is 10.3 Å². The van der Waals surface area contributed by atoms with Gasteiger partial charge >= 0.3 is 0 Å². The summed E-state index contributed by atoms with van der Waals surface area (Å²) in [4.78, 5) is 29.3. The van der Waals surface area contributed by atoms with Gasteiger partial charge in [0.05, 0.1) is 17.3 Å². The number of fused-ring (bicyclic) bond motifs is 1. The number of likely N-dealkylation sites (N-methyl/N-ethyl adjacent to an activating group) is 1. The number of aryl methyl sites for hydroxylation is 1. The molecule has 0 spiro atoms. The Hall–Kier alpha value is -2.83. The molecule has 0 fully saturated rings. The predicted molar refractivity (Wildman–Crippen MR) is 119 cm³/mol. The third-order valence-electron chi connectivity index (χ3n) is 4.58. The first kappa shape index (κ1) is 21.9. The Labute approximate surface area is 184 Å². The van der Waals surface area contributed by atoms with Gasteiger partial charge in [-0.2, -0.15) is 0 Å². The normalized spacial score (nSPS) is 10.7. The zero-order valence-electron chi connectivity index (χ0n) is 16.8. The summed E-state index contributed by atoms with van der Waals surface area (Å²) in [5, 5.41) is 4.18. The molecule has 0 atom stereocenters. The van der Waals surface area contributed by atoms with Crippen LogP contribution >= 0.6 is 23.2 Å². The molecule has 1 heterocycles. The van der Waals surface area contributed by atoms with Gasteiger partial charge in [0.15, 0.2) is 0 Å². The number of nitrogens with one attached hydrogen (secondary N) is 1. The molecule has 0 aliphatic heterocycles. The third kappa shape index (κ3) is 4.83. The van der Waals surface area contributed by atoms with Gasteiger partial charge in [0, 0.05) is 35.6 Å². The van der Waals surface area contributed by atoms with Crippen molar-refractivity contribution in [2.45, 2.75) is 20.5 Å². The van der Waals surface area contributed by atoms with Crippen LogP contribution in [-0.2, 0) is 16.2 Å². The van der Waals surface area contributed by atoms with E-state index < -0.39 is 0 Å². The van der Waals surface area contributed by atoms with E-state index in [1.165, 1.54) is 11.8 Å². The van der Waals surface area contributed by atoms with Crippen LogP contribution in [0.5, 0.6) is 5.75 Å².